The summed E-state index contributed by atoms with van der Waals surface area (Å²) in [7, 11) is 0. The summed E-state index contributed by atoms with van der Waals surface area (Å²) in [4.78, 5) is 19.5. The van der Waals surface area contributed by atoms with Crippen LogP contribution in [0.5, 0.6) is 0 Å². The molecule has 2 aromatic carbocycles. The van der Waals surface area contributed by atoms with Crippen LogP contribution in [-0.4, -0.2) is 33.6 Å². The normalized spacial score (nSPS) is 16.3. The second-order valence-electron chi connectivity index (χ2n) is 8.81. The predicted octanol–water partition coefficient (Wildman–Crippen LogP) is 5.09. The van der Waals surface area contributed by atoms with E-state index in [0.29, 0.717) is 30.0 Å². The van der Waals surface area contributed by atoms with E-state index in [1.807, 2.05) is 6.07 Å². The van der Waals surface area contributed by atoms with Crippen LogP contribution in [0.1, 0.15) is 24.0 Å². The summed E-state index contributed by atoms with van der Waals surface area (Å²) in [6, 6.07) is 12.8. The van der Waals surface area contributed by atoms with E-state index < -0.39 is 11.7 Å². The van der Waals surface area contributed by atoms with Crippen molar-refractivity contribution in [3.05, 3.63) is 83.9 Å². The van der Waals surface area contributed by atoms with Crippen molar-refractivity contribution >= 4 is 17.2 Å². The Morgan fingerprint density at radius 2 is 1.83 bits per heavy atom. The fourth-order valence-corrected chi connectivity index (χ4v) is 4.44. The second kappa shape index (κ2) is 9.60. The molecule has 1 aliphatic heterocycles. The van der Waals surface area contributed by atoms with E-state index in [9.17, 15) is 22.4 Å². The predicted molar refractivity (Wildman–Crippen MR) is 127 cm³/mol. The molecule has 4 aromatic rings. The highest BCUT2D eigenvalue weighted by Gasteiger charge is 2.30. The van der Waals surface area contributed by atoms with E-state index in [-0.39, 0.29) is 24.2 Å². The van der Waals surface area contributed by atoms with Crippen molar-refractivity contribution in [1.29, 1.82) is 0 Å². The third kappa shape index (κ3) is 5.02. The first kappa shape index (κ1) is 23.8. The van der Waals surface area contributed by atoms with Crippen LogP contribution in [0.15, 0.2) is 67.0 Å². The van der Waals surface area contributed by atoms with E-state index >= 15 is 0 Å². The van der Waals surface area contributed by atoms with E-state index in [0.717, 1.165) is 36.2 Å². The van der Waals surface area contributed by atoms with Gasteiger partial charge in [0.2, 0.25) is 5.91 Å². The zero-order valence-corrected chi connectivity index (χ0v) is 19.2. The maximum Gasteiger partial charge on any atom is 0.416 e. The van der Waals surface area contributed by atoms with Crippen molar-refractivity contribution in [2.45, 2.75) is 25.6 Å². The largest absolute Gasteiger partial charge is 0.416 e. The first-order valence-electron chi connectivity index (χ1n) is 11.6. The molecule has 1 aliphatic rings. The zero-order chi connectivity index (χ0) is 25.3. The highest BCUT2D eigenvalue weighted by molar-refractivity contribution is 5.81. The maximum atomic E-state index is 13.3. The van der Waals surface area contributed by atoms with Crippen LogP contribution in [-0.2, 0) is 17.5 Å². The number of fused-ring (bicyclic) bond motifs is 1. The Balaban J connectivity index is 1.28. The first-order valence-corrected chi connectivity index (χ1v) is 11.6. The van der Waals surface area contributed by atoms with Gasteiger partial charge in [-0.2, -0.15) is 18.3 Å². The molecule has 2 aromatic heterocycles. The summed E-state index contributed by atoms with van der Waals surface area (Å²) in [5.41, 5.74) is 2.13. The summed E-state index contributed by atoms with van der Waals surface area (Å²) in [5, 5.41) is 7.44. The van der Waals surface area contributed by atoms with Gasteiger partial charge in [-0.25, -0.2) is 13.9 Å². The molecule has 1 fully saturated rings. The quantitative estimate of drug-likeness (QED) is 0.391. The van der Waals surface area contributed by atoms with E-state index in [1.54, 1.807) is 29.0 Å². The Morgan fingerprint density at radius 1 is 1.08 bits per heavy atom. The summed E-state index contributed by atoms with van der Waals surface area (Å²) in [5.74, 6) is -0.0405. The maximum absolute atomic E-state index is 13.3. The number of halogens is 4. The van der Waals surface area contributed by atoms with Gasteiger partial charge in [-0.1, -0.05) is 12.1 Å². The number of anilines is 1. The van der Waals surface area contributed by atoms with Crippen LogP contribution in [0.2, 0.25) is 0 Å². The molecule has 3 heterocycles. The van der Waals surface area contributed by atoms with Gasteiger partial charge in [-0.15, -0.1) is 0 Å². The molecule has 1 amide bonds. The third-order valence-electron chi connectivity index (χ3n) is 6.35. The lowest BCUT2D eigenvalue weighted by Gasteiger charge is -2.33. The molecule has 0 bridgehead atoms. The van der Waals surface area contributed by atoms with Gasteiger partial charge in [0.25, 0.3) is 0 Å². The molecule has 0 aliphatic carbocycles. The molecule has 1 unspecified atom stereocenters. The van der Waals surface area contributed by atoms with Crippen molar-refractivity contribution in [2.75, 3.05) is 18.0 Å². The lowest BCUT2D eigenvalue weighted by atomic mass is 9.97. The number of piperidine rings is 1. The zero-order valence-electron chi connectivity index (χ0n) is 19.2. The van der Waals surface area contributed by atoms with Crippen molar-refractivity contribution < 1.29 is 22.4 Å². The van der Waals surface area contributed by atoms with Crippen molar-refractivity contribution in [1.82, 2.24) is 19.9 Å². The Bertz CT molecular complexity index is 1370. The molecular weight excluding hydrogens is 474 g/mol. The van der Waals surface area contributed by atoms with Crippen LogP contribution < -0.4 is 10.2 Å². The monoisotopic (exact) mass is 497 g/mol. The molecule has 10 heteroatoms. The number of nitrogens with zero attached hydrogens (tertiary/aromatic N) is 4. The van der Waals surface area contributed by atoms with Gasteiger partial charge in [0.1, 0.15) is 11.3 Å². The van der Waals surface area contributed by atoms with Crippen LogP contribution in [0.25, 0.3) is 16.8 Å². The fourth-order valence-electron chi connectivity index (χ4n) is 4.44. The molecule has 0 radical (unpaired) electrons. The molecule has 5 rings (SSSR count). The summed E-state index contributed by atoms with van der Waals surface area (Å²) in [6.45, 7) is 1.35. The minimum atomic E-state index is -4.39. The van der Waals surface area contributed by atoms with Crippen molar-refractivity contribution in [2.24, 2.45) is 5.92 Å². The standard InChI is InChI=1S/C26H23F4N5O/c27-21-9-5-18(6-10-21)22-14-23-24(31-11-13-35(23)33-22)34-12-1-2-19(16-34)25(36)32-15-17-3-7-20(8-4-17)26(28,29)30/h3-11,13-14,19H,1-2,12,15-16H2,(H,32,36). The molecule has 36 heavy (non-hydrogen) atoms. The first-order chi connectivity index (χ1) is 17.3. The molecule has 1 N–H and O–H groups in total. The second-order valence-corrected chi connectivity index (χ2v) is 8.81. The Labute approximate surface area is 204 Å². The number of carbonyl (C=O) groups is 1. The van der Waals surface area contributed by atoms with Crippen molar-refractivity contribution in [3.8, 4) is 11.3 Å². The number of nitrogens with one attached hydrogen (secondary N) is 1. The number of rotatable bonds is 5. The topological polar surface area (TPSA) is 62.5 Å². The number of alkyl halides is 3. The van der Waals surface area contributed by atoms with Gasteiger partial charge in [0.05, 0.1) is 17.2 Å². The van der Waals surface area contributed by atoms with Crippen LogP contribution in [0.4, 0.5) is 23.4 Å². The van der Waals surface area contributed by atoms with E-state index in [2.05, 4.69) is 20.3 Å². The lowest BCUT2D eigenvalue weighted by Crippen LogP contribution is -2.43. The number of hydrogen-bond donors (Lipinski definition) is 1. The summed E-state index contributed by atoms with van der Waals surface area (Å²) >= 11 is 0. The summed E-state index contributed by atoms with van der Waals surface area (Å²) in [6.07, 6.45) is 0.500. The smallest absolute Gasteiger partial charge is 0.354 e. The molecule has 0 spiro atoms. The third-order valence-corrected chi connectivity index (χ3v) is 6.35. The van der Waals surface area contributed by atoms with Gasteiger partial charge in [0, 0.05) is 37.6 Å². The minimum Gasteiger partial charge on any atom is -0.354 e. The lowest BCUT2D eigenvalue weighted by molar-refractivity contribution is -0.137. The Morgan fingerprint density at radius 3 is 2.56 bits per heavy atom. The van der Waals surface area contributed by atoms with Gasteiger partial charge in [-0.05, 0) is 60.9 Å². The molecule has 1 atom stereocenters. The number of amides is 1. The molecule has 186 valence electrons. The molecule has 1 saturated heterocycles. The van der Waals surface area contributed by atoms with Crippen molar-refractivity contribution in [3.63, 3.8) is 0 Å². The fraction of sp³-hybridized carbons (Fsp3) is 0.269. The number of hydrogen-bond acceptors (Lipinski definition) is 4. The number of carbonyl (C=O) groups excluding carboxylic acids is 1. The summed E-state index contributed by atoms with van der Waals surface area (Å²) < 4.78 is 53.3. The molecular formula is C26H23F4N5O. The van der Waals surface area contributed by atoms with Gasteiger partial charge in [0.15, 0.2) is 5.82 Å². The number of benzene rings is 2. The highest BCUT2D eigenvalue weighted by atomic mass is 19.4. The van der Waals surface area contributed by atoms with Gasteiger partial charge < -0.3 is 10.2 Å². The number of aromatic nitrogens is 3. The Kier molecular flexibility index (Phi) is 6.34. The average Bonchev–Trinajstić information content (AvgIpc) is 3.32. The highest BCUT2D eigenvalue weighted by Crippen LogP contribution is 2.30. The average molecular weight is 497 g/mol. The minimum absolute atomic E-state index is 0.146. The van der Waals surface area contributed by atoms with Crippen LogP contribution in [0.3, 0.4) is 0 Å². The van der Waals surface area contributed by atoms with E-state index in [1.165, 1.54) is 24.3 Å². The van der Waals surface area contributed by atoms with Gasteiger partial charge >= 0.3 is 6.18 Å². The van der Waals surface area contributed by atoms with E-state index in [4.69, 9.17) is 0 Å². The molecule has 0 saturated carbocycles. The SMILES string of the molecule is O=C(NCc1ccc(C(F)(F)F)cc1)C1CCCN(c2nccn3nc(-c4ccc(F)cc4)cc23)C1. The van der Waals surface area contributed by atoms with Gasteiger partial charge in [-0.3, -0.25) is 4.79 Å². The molecule has 6 nitrogen and oxygen atoms in total. The van der Waals surface area contributed by atoms with Crippen LogP contribution >= 0.6 is 0 Å². The Hall–Kier alpha value is -3.95. The van der Waals surface area contributed by atoms with Crippen LogP contribution in [0, 0.1) is 11.7 Å².